The Morgan fingerprint density at radius 1 is 1.33 bits per heavy atom. The van der Waals surface area contributed by atoms with Crippen LogP contribution in [-0.2, 0) is 22.6 Å². The number of aromatic nitrogens is 1. The fourth-order valence-corrected chi connectivity index (χ4v) is 1.85. The average molecular weight is 290 g/mol. The van der Waals surface area contributed by atoms with E-state index in [1.54, 1.807) is 14.0 Å². The van der Waals surface area contributed by atoms with E-state index in [1.807, 2.05) is 24.3 Å². The monoisotopic (exact) mass is 290 g/mol. The van der Waals surface area contributed by atoms with E-state index in [0.29, 0.717) is 19.8 Å². The molecule has 0 spiro atoms. The molecule has 1 heterocycles. The highest BCUT2D eigenvalue weighted by Crippen LogP contribution is 2.14. The molecule has 0 saturated carbocycles. The van der Waals surface area contributed by atoms with E-state index in [0.717, 1.165) is 11.1 Å². The first kappa shape index (κ1) is 15.1. The molecule has 0 radical (unpaired) electrons. The molecule has 0 fully saturated rings. The van der Waals surface area contributed by atoms with Crippen molar-refractivity contribution in [3.05, 3.63) is 47.3 Å². The summed E-state index contributed by atoms with van der Waals surface area (Å²) in [6.07, 6.45) is 1.28. The van der Waals surface area contributed by atoms with Crippen LogP contribution in [0.2, 0.25) is 0 Å². The van der Waals surface area contributed by atoms with Gasteiger partial charge in [-0.05, 0) is 18.1 Å². The molecule has 0 aliphatic carbocycles. The number of nitrogens with one attached hydrogen (secondary N) is 1. The SMILES string of the molecule is CCOC(=O)c1coc(NCc2ccccc2COC)n1. The lowest BCUT2D eigenvalue weighted by atomic mass is 10.1. The fourth-order valence-electron chi connectivity index (χ4n) is 1.85. The molecule has 21 heavy (non-hydrogen) atoms. The van der Waals surface area contributed by atoms with Gasteiger partial charge in [-0.15, -0.1) is 0 Å². The van der Waals surface area contributed by atoms with E-state index < -0.39 is 5.97 Å². The summed E-state index contributed by atoms with van der Waals surface area (Å²) in [4.78, 5) is 15.5. The molecule has 0 aliphatic heterocycles. The zero-order valence-corrected chi connectivity index (χ0v) is 12.1. The maximum Gasteiger partial charge on any atom is 0.360 e. The number of nitrogens with zero attached hydrogens (tertiary/aromatic N) is 1. The molecular weight excluding hydrogens is 272 g/mol. The first-order valence-electron chi connectivity index (χ1n) is 6.66. The molecule has 6 nitrogen and oxygen atoms in total. The van der Waals surface area contributed by atoms with E-state index in [9.17, 15) is 4.79 Å². The van der Waals surface area contributed by atoms with Gasteiger partial charge in [-0.3, -0.25) is 0 Å². The van der Waals surface area contributed by atoms with Crippen molar-refractivity contribution in [3.63, 3.8) is 0 Å². The number of oxazole rings is 1. The fraction of sp³-hybridized carbons (Fsp3) is 0.333. The van der Waals surface area contributed by atoms with E-state index >= 15 is 0 Å². The van der Waals surface area contributed by atoms with Crippen LogP contribution in [0.4, 0.5) is 6.01 Å². The van der Waals surface area contributed by atoms with Gasteiger partial charge in [-0.25, -0.2) is 4.79 Å². The number of hydrogen-bond donors (Lipinski definition) is 1. The third-order valence-electron chi connectivity index (χ3n) is 2.84. The zero-order valence-electron chi connectivity index (χ0n) is 12.1. The van der Waals surface area contributed by atoms with Gasteiger partial charge in [0, 0.05) is 13.7 Å². The predicted molar refractivity (Wildman–Crippen MR) is 76.9 cm³/mol. The molecule has 1 aromatic carbocycles. The molecule has 0 aliphatic rings. The molecule has 0 saturated heterocycles. The number of esters is 1. The van der Waals surface area contributed by atoms with E-state index in [-0.39, 0.29) is 11.7 Å². The van der Waals surface area contributed by atoms with Crippen molar-refractivity contribution in [2.24, 2.45) is 0 Å². The van der Waals surface area contributed by atoms with Gasteiger partial charge >= 0.3 is 5.97 Å². The second kappa shape index (κ2) is 7.44. The van der Waals surface area contributed by atoms with E-state index in [2.05, 4.69) is 10.3 Å². The maximum absolute atomic E-state index is 11.5. The van der Waals surface area contributed by atoms with Gasteiger partial charge in [0.25, 0.3) is 6.01 Å². The summed E-state index contributed by atoms with van der Waals surface area (Å²) < 4.78 is 15.2. The largest absolute Gasteiger partial charge is 0.461 e. The lowest BCUT2D eigenvalue weighted by molar-refractivity contribution is 0.0519. The summed E-state index contributed by atoms with van der Waals surface area (Å²) in [5, 5.41) is 3.04. The smallest absolute Gasteiger partial charge is 0.360 e. The van der Waals surface area contributed by atoms with Gasteiger partial charge in [0.05, 0.1) is 13.2 Å². The Morgan fingerprint density at radius 2 is 2.10 bits per heavy atom. The Bertz CT molecular complexity index is 595. The first-order valence-corrected chi connectivity index (χ1v) is 6.66. The number of benzene rings is 1. The highest BCUT2D eigenvalue weighted by molar-refractivity contribution is 5.87. The van der Waals surface area contributed by atoms with Crippen molar-refractivity contribution in [1.29, 1.82) is 0 Å². The molecule has 1 N–H and O–H groups in total. The van der Waals surface area contributed by atoms with Crippen LogP contribution in [0.1, 0.15) is 28.5 Å². The summed E-state index contributed by atoms with van der Waals surface area (Å²) in [6, 6.07) is 8.19. The van der Waals surface area contributed by atoms with Crippen molar-refractivity contribution in [2.45, 2.75) is 20.1 Å². The standard InChI is InChI=1S/C15H18N2O4/c1-3-20-14(18)13-10-21-15(17-13)16-8-11-6-4-5-7-12(11)9-19-2/h4-7,10H,3,8-9H2,1-2H3,(H,16,17). The molecule has 112 valence electrons. The summed E-state index contributed by atoms with van der Waals surface area (Å²) in [7, 11) is 1.66. The van der Waals surface area contributed by atoms with Crippen LogP contribution in [0, 0.1) is 0 Å². The first-order chi connectivity index (χ1) is 10.2. The number of carbonyl (C=O) groups is 1. The van der Waals surface area contributed by atoms with Crippen molar-refractivity contribution < 1.29 is 18.7 Å². The van der Waals surface area contributed by atoms with Crippen LogP contribution in [0.25, 0.3) is 0 Å². The molecule has 0 unspecified atom stereocenters. The Hall–Kier alpha value is -2.34. The second-order valence-corrected chi connectivity index (χ2v) is 4.31. The van der Waals surface area contributed by atoms with Crippen molar-refractivity contribution >= 4 is 12.0 Å². The summed E-state index contributed by atoms with van der Waals surface area (Å²) in [5.74, 6) is -0.492. The number of anilines is 1. The zero-order chi connectivity index (χ0) is 15.1. The van der Waals surface area contributed by atoms with E-state index in [4.69, 9.17) is 13.9 Å². The Labute approximate surface area is 123 Å². The number of rotatable bonds is 7. The van der Waals surface area contributed by atoms with Crippen LogP contribution in [-0.4, -0.2) is 24.7 Å². The van der Waals surface area contributed by atoms with Crippen LogP contribution in [0.15, 0.2) is 34.9 Å². The number of ether oxygens (including phenoxy) is 2. The summed E-state index contributed by atoms with van der Waals surface area (Å²) in [6.45, 7) is 3.11. The van der Waals surface area contributed by atoms with Gasteiger partial charge in [-0.2, -0.15) is 4.98 Å². The Kier molecular flexibility index (Phi) is 5.34. The third-order valence-corrected chi connectivity index (χ3v) is 2.84. The Balaban J connectivity index is 1.99. The van der Waals surface area contributed by atoms with Crippen LogP contribution >= 0.6 is 0 Å². The molecule has 0 bridgehead atoms. The lowest BCUT2D eigenvalue weighted by Crippen LogP contribution is -2.06. The molecule has 0 amide bonds. The molecule has 2 aromatic rings. The maximum atomic E-state index is 11.5. The molecule has 1 aromatic heterocycles. The van der Waals surface area contributed by atoms with Gasteiger partial charge in [-0.1, -0.05) is 24.3 Å². The van der Waals surface area contributed by atoms with Crippen molar-refractivity contribution in [2.75, 3.05) is 19.0 Å². The molecule has 6 heteroatoms. The lowest BCUT2D eigenvalue weighted by Gasteiger charge is -2.08. The van der Waals surface area contributed by atoms with Gasteiger partial charge in [0.1, 0.15) is 6.26 Å². The van der Waals surface area contributed by atoms with Crippen LogP contribution < -0.4 is 5.32 Å². The van der Waals surface area contributed by atoms with Crippen LogP contribution in [0.3, 0.4) is 0 Å². The van der Waals surface area contributed by atoms with Gasteiger partial charge in [0.15, 0.2) is 5.69 Å². The minimum Gasteiger partial charge on any atom is -0.461 e. The number of carbonyl (C=O) groups excluding carboxylic acids is 1. The topological polar surface area (TPSA) is 73.6 Å². The van der Waals surface area contributed by atoms with Crippen molar-refractivity contribution in [1.82, 2.24) is 4.98 Å². The third kappa shape index (κ3) is 4.06. The minimum absolute atomic E-state index is 0.157. The summed E-state index contributed by atoms with van der Waals surface area (Å²) >= 11 is 0. The molecular formula is C15H18N2O4. The highest BCUT2D eigenvalue weighted by Gasteiger charge is 2.13. The van der Waals surface area contributed by atoms with Crippen LogP contribution in [0.5, 0.6) is 0 Å². The van der Waals surface area contributed by atoms with E-state index in [1.165, 1.54) is 6.26 Å². The number of hydrogen-bond acceptors (Lipinski definition) is 6. The van der Waals surface area contributed by atoms with Gasteiger partial charge < -0.3 is 19.2 Å². The number of methoxy groups -OCH3 is 1. The highest BCUT2D eigenvalue weighted by atomic mass is 16.5. The van der Waals surface area contributed by atoms with Crippen molar-refractivity contribution in [3.8, 4) is 0 Å². The average Bonchev–Trinajstić information content (AvgIpc) is 2.96. The minimum atomic E-state index is -0.492. The quantitative estimate of drug-likeness (QED) is 0.790. The van der Waals surface area contributed by atoms with Gasteiger partial charge in [0.2, 0.25) is 0 Å². The molecule has 2 rings (SSSR count). The normalized spacial score (nSPS) is 10.4. The molecule has 0 atom stereocenters. The predicted octanol–water partition coefficient (Wildman–Crippen LogP) is 2.61. The summed E-state index contributed by atoms with van der Waals surface area (Å²) in [5.41, 5.74) is 2.32. The second-order valence-electron chi connectivity index (χ2n) is 4.31. The Morgan fingerprint density at radius 3 is 2.81 bits per heavy atom.